The van der Waals surface area contributed by atoms with Gasteiger partial charge < -0.3 is 14.8 Å². The molecule has 1 aliphatic carbocycles. The SMILES string of the molecule is CCn1cnc(Cl)c1C1(C(O)C(=O)O)CC1. The molecule has 1 saturated carbocycles. The van der Waals surface area contributed by atoms with Crippen LogP contribution in [0.2, 0.25) is 5.15 Å². The second-order valence-corrected chi connectivity index (χ2v) is 4.42. The van der Waals surface area contributed by atoms with E-state index in [0.29, 0.717) is 30.2 Å². The first-order valence-electron chi connectivity index (χ1n) is 5.15. The van der Waals surface area contributed by atoms with Crippen LogP contribution in [-0.4, -0.2) is 31.8 Å². The van der Waals surface area contributed by atoms with Crippen molar-refractivity contribution in [2.45, 2.75) is 37.8 Å². The largest absolute Gasteiger partial charge is 0.479 e. The highest BCUT2D eigenvalue weighted by molar-refractivity contribution is 6.30. The number of hydrogen-bond acceptors (Lipinski definition) is 3. The highest BCUT2D eigenvalue weighted by Gasteiger charge is 2.56. The molecule has 0 saturated heterocycles. The van der Waals surface area contributed by atoms with Gasteiger partial charge in [0, 0.05) is 6.54 Å². The zero-order valence-corrected chi connectivity index (χ0v) is 9.61. The van der Waals surface area contributed by atoms with Crippen LogP contribution >= 0.6 is 11.6 Å². The molecule has 16 heavy (non-hydrogen) atoms. The summed E-state index contributed by atoms with van der Waals surface area (Å²) in [6, 6.07) is 0. The molecule has 2 rings (SSSR count). The molecule has 0 aromatic carbocycles. The summed E-state index contributed by atoms with van der Waals surface area (Å²) in [5.74, 6) is -1.21. The van der Waals surface area contributed by atoms with Gasteiger partial charge in [-0.05, 0) is 19.8 Å². The summed E-state index contributed by atoms with van der Waals surface area (Å²) in [6.07, 6.45) is 1.43. The second-order valence-electron chi connectivity index (χ2n) is 4.07. The number of nitrogens with zero attached hydrogens (tertiary/aromatic N) is 2. The number of aliphatic carboxylic acids is 1. The standard InChI is InChI=1S/C10H13ClN2O3/c1-2-13-5-12-8(11)6(13)10(3-4-10)7(14)9(15)16/h5,7,14H,2-4H2,1H3,(H,15,16). The summed E-state index contributed by atoms with van der Waals surface area (Å²) < 4.78 is 1.79. The Labute approximate surface area is 97.7 Å². The fraction of sp³-hybridized carbons (Fsp3) is 0.600. The Kier molecular flexibility index (Phi) is 2.67. The van der Waals surface area contributed by atoms with Gasteiger partial charge in [-0.15, -0.1) is 0 Å². The van der Waals surface area contributed by atoms with E-state index in [2.05, 4.69) is 4.98 Å². The lowest BCUT2D eigenvalue weighted by molar-refractivity contribution is -0.148. The van der Waals surface area contributed by atoms with Gasteiger partial charge in [0.25, 0.3) is 0 Å². The fourth-order valence-corrected chi connectivity index (χ4v) is 2.44. The van der Waals surface area contributed by atoms with Gasteiger partial charge in [0.15, 0.2) is 11.3 Å². The van der Waals surface area contributed by atoms with Crippen molar-refractivity contribution in [3.8, 4) is 0 Å². The molecule has 6 heteroatoms. The lowest BCUT2D eigenvalue weighted by Crippen LogP contribution is -2.35. The third-order valence-electron chi connectivity index (χ3n) is 3.15. The first kappa shape index (κ1) is 11.4. The van der Waals surface area contributed by atoms with E-state index < -0.39 is 17.5 Å². The lowest BCUT2D eigenvalue weighted by atomic mass is 9.95. The van der Waals surface area contributed by atoms with E-state index in [9.17, 15) is 9.90 Å². The van der Waals surface area contributed by atoms with Crippen molar-refractivity contribution in [1.29, 1.82) is 0 Å². The number of carbonyl (C=O) groups is 1. The highest BCUT2D eigenvalue weighted by Crippen LogP contribution is 2.52. The lowest BCUT2D eigenvalue weighted by Gasteiger charge is -2.20. The van der Waals surface area contributed by atoms with Crippen LogP contribution in [0.15, 0.2) is 6.33 Å². The summed E-state index contributed by atoms with van der Waals surface area (Å²) in [4.78, 5) is 14.8. The Hall–Kier alpha value is -1.07. The first-order chi connectivity index (χ1) is 7.53. The molecule has 1 aromatic heterocycles. The van der Waals surface area contributed by atoms with E-state index in [1.54, 1.807) is 10.9 Å². The van der Waals surface area contributed by atoms with Gasteiger partial charge in [-0.2, -0.15) is 0 Å². The van der Waals surface area contributed by atoms with Crippen LogP contribution in [0.25, 0.3) is 0 Å². The molecule has 88 valence electrons. The zero-order valence-electron chi connectivity index (χ0n) is 8.85. The summed E-state index contributed by atoms with van der Waals surface area (Å²) in [7, 11) is 0. The smallest absolute Gasteiger partial charge is 0.333 e. The van der Waals surface area contributed by atoms with Crippen LogP contribution in [-0.2, 0) is 16.8 Å². The molecule has 5 nitrogen and oxygen atoms in total. The fourth-order valence-electron chi connectivity index (χ4n) is 2.10. The number of halogens is 1. The third-order valence-corrected chi connectivity index (χ3v) is 3.43. The van der Waals surface area contributed by atoms with Crippen molar-refractivity contribution >= 4 is 17.6 Å². The molecule has 2 N–H and O–H groups in total. The number of rotatable bonds is 4. The predicted molar refractivity (Wildman–Crippen MR) is 57.5 cm³/mol. The van der Waals surface area contributed by atoms with Crippen molar-refractivity contribution in [3.63, 3.8) is 0 Å². The van der Waals surface area contributed by atoms with E-state index in [-0.39, 0.29) is 0 Å². The Balaban J connectivity index is 2.43. The van der Waals surface area contributed by atoms with E-state index in [1.807, 2.05) is 6.92 Å². The van der Waals surface area contributed by atoms with Gasteiger partial charge in [-0.1, -0.05) is 11.6 Å². The predicted octanol–water partition coefficient (Wildman–Crippen LogP) is 1.03. The molecule has 0 bridgehead atoms. The molecular weight excluding hydrogens is 232 g/mol. The van der Waals surface area contributed by atoms with Crippen molar-refractivity contribution in [3.05, 3.63) is 17.2 Å². The maximum Gasteiger partial charge on any atom is 0.333 e. The number of aromatic nitrogens is 2. The van der Waals surface area contributed by atoms with Gasteiger partial charge in [0.1, 0.15) is 0 Å². The second kappa shape index (κ2) is 3.75. The van der Waals surface area contributed by atoms with Crippen LogP contribution in [0, 0.1) is 0 Å². The maximum absolute atomic E-state index is 10.9. The van der Waals surface area contributed by atoms with E-state index in [4.69, 9.17) is 16.7 Å². The minimum absolute atomic E-state index is 0.291. The topological polar surface area (TPSA) is 75.3 Å². The monoisotopic (exact) mass is 244 g/mol. The number of hydrogen-bond donors (Lipinski definition) is 2. The average Bonchev–Trinajstić information content (AvgIpc) is 2.96. The van der Waals surface area contributed by atoms with Gasteiger partial charge >= 0.3 is 5.97 Å². The number of imidazole rings is 1. The molecule has 1 fully saturated rings. The minimum atomic E-state index is -1.41. The average molecular weight is 245 g/mol. The van der Waals surface area contributed by atoms with Gasteiger partial charge in [-0.3, -0.25) is 0 Å². The molecule has 0 radical (unpaired) electrons. The highest BCUT2D eigenvalue weighted by atomic mass is 35.5. The summed E-state index contributed by atoms with van der Waals surface area (Å²) >= 11 is 5.96. The van der Waals surface area contributed by atoms with Crippen molar-refractivity contribution in [1.82, 2.24) is 9.55 Å². The van der Waals surface area contributed by atoms with Gasteiger partial charge in [0.2, 0.25) is 0 Å². The Morgan fingerprint density at radius 1 is 1.75 bits per heavy atom. The molecule has 1 heterocycles. The third kappa shape index (κ3) is 1.51. The maximum atomic E-state index is 10.9. The summed E-state index contributed by atoms with van der Waals surface area (Å²) in [6.45, 7) is 2.58. The molecule has 0 amide bonds. The first-order valence-corrected chi connectivity index (χ1v) is 5.52. The molecule has 0 spiro atoms. The van der Waals surface area contributed by atoms with E-state index in [0.717, 1.165) is 0 Å². The van der Waals surface area contributed by atoms with Crippen molar-refractivity contribution < 1.29 is 15.0 Å². The van der Waals surface area contributed by atoms with Gasteiger partial charge in [0.05, 0.1) is 17.4 Å². The number of carboxylic acids is 1. The number of aliphatic hydroxyl groups excluding tert-OH is 1. The number of carboxylic acid groups (broad SMARTS) is 1. The normalized spacial score (nSPS) is 19.4. The number of aliphatic hydroxyl groups is 1. The zero-order chi connectivity index (χ0) is 11.9. The van der Waals surface area contributed by atoms with Crippen LogP contribution in [0.4, 0.5) is 0 Å². The van der Waals surface area contributed by atoms with Gasteiger partial charge in [-0.25, -0.2) is 9.78 Å². The van der Waals surface area contributed by atoms with Crippen molar-refractivity contribution in [2.75, 3.05) is 0 Å². The molecule has 1 aromatic rings. The summed E-state index contributed by atoms with van der Waals surface area (Å²) in [5.41, 5.74) is -0.0957. The molecule has 1 aliphatic rings. The van der Waals surface area contributed by atoms with Crippen LogP contribution in [0.1, 0.15) is 25.5 Å². The van der Waals surface area contributed by atoms with E-state index in [1.165, 1.54) is 0 Å². The van der Waals surface area contributed by atoms with Crippen LogP contribution in [0.5, 0.6) is 0 Å². The quantitative estimate of drug-likeness (QED) is 0.830. The minimum Gasteiger partial charge on any atom is -0.479 e. The Morgan fingerprint density at radius 2 is 2.38 bits per heavy atom. The molecular formula is C10H13ClN2O3. The van der Waals surface area contributed by atoms with Crippen LogP contribution < -0.4 is 0 Å². The van der Waals surface area contributed by atoms with Crippen LogP contribution in [0.3, 0.4) is 0 Å². The van der Waals surface area contributed by atoms with E-state index >= 15 is 0 Å². The summed E-state index contributed by atoms with van der Waals surface area (Å²) in [5, 5.41) is 18.9. The van der Waals surface area contributed by atoms with Crippen molar-refractivity contribution in [2.24, 2.45) is 0 Å². The molecule has 1 unspecified atom stereocenters. The Morgan fingerprint density at radius 3 is 2.81 bits per heavy atom. The number of aryl methyl sites for hydroxylation is 1. The molecule has 1 atom stereocenters. The molecule has 0 aliphatic heterocycles. The Bertz CT molecular complexity index is 426.